The molecule has 6 nitrogen and oxygen atoms in total. The Morgan fingerprint density at radius 3 is 2.79 bits per heavy atom. The predicted molar refractivity (Wildman–Crippen MR) is 93.3 cm³/mol. The standard InChI is InChI=1S/C17H19FN6/c1-23-6-8-24(9-7-23)15-3-2-13(10-14(15)18)21-17-20-11-12-4-5-19-16(12)22-17/h2-5,10-11H,6-9H2,1H3,(H2,19,20,21,22). The van der Waals surface area contributed by atoms with Gasteiger partial charge in [-0.1, -0.05) is 0 Å². The lowest BCUT2D eigenvalue weighted by atomic mass is 10.2. The summed E-state index contributed by atoms with van der Waals surface area (Å²) < 4.78 is 14.5. The normalized spacial score (nSPS) is 15.8. The highest BCUT2D eigenvalue weighted by molar-refractivity contribution is 5.75. The fourth-order valence-corrected chi connectivity index (χ4v) is 2.92. The molecule has 1 fully saturated rings. The van der Waals surface area contributed by atoms with E-state index in [1.54, 1.807) is 6.20 Å². The van der Waals surface area contributed by atoms with Gasteiger partial charge in [0.25, 0.3) is 0 Å². The van der Waals surface area contributed by atoms with E-state index in [1.165, 1.54) is 6.07 Å². The highest BCUT2D eigenvalue weighted by Crippen LogP contribution is 2.25. The van der Waals surface area contributed by atoms with Crippen LogP contribution in [0.3, 0.4) is 0 Å². The number of piperazine rings is 1. The van der Waals surface area contributed by atoms with Crippen LogP contribution in [0.5, 0.6) is 0 Å². The molecule has 1 aromatic carbocycles. The number of aromatic nitrogens is 3. The van der Waals surface area contributed by atoms with Gasteiger partial charge in [0.1, 0.15) is 11.5 Å². The summed E-state index contributed by atoms with van der Waals surface area (Å²) >= 11 is 0. The largest absolute Gasteiger partial charge is 0.367 e. The van der Waals surface area contributed by atoms with Crippen molar-refractivity contribution in [2.24, 2.45) is 0 Å². The van der Waals surface area contributed by atoms with Crippen LogP contribution in [0.25, 0.3) is 11.0 Å². The molecule has 0 unspecified atom stereocenters. The monoisotopic (exact) mass is 326 g/mol. The number of H-pyrrole nitrogens is 1. The quantitative estimate of drug-likeness (QED) is 0.775. The molecule has 2 aromatic heterocycles. The Hall–Kier alpha value is -2.67. The summed E-state index contributed by atoms with van der Waals surface area (Å²) in [5, 5.41) is 4.00. The second-order valence-corrected chi connectivity index (χ2v) is 6.06. The van der Waals surface area contributed by atoms with Crippen molar-refractivity contribution in [3.8, 4) is 0 Å². The van der Waals surface area contributed by atoms with Gasteiger partial charge in [-0.3, -0.25) is 0 Å². The molecule has 1 saturated heterocycles. The summed E-state index contributed by atoms with van der Waals surface area (Å²) in [7, 11) is 2.09. The second-order valence-electron chi connectivity index (χ2n) is 6.06. The van der Waals surface area contributed by atoms with Gasteiger partial charge in [-0.15, -0.1) is 0 Å². The molecule has 0 aliphatic carbocycles. The summed E-state index contributed by atoms with van der Waals surface area (Å²) in [5.41, 5.74) is 2.03. The molecule has 124 valence electrons. The van der Waals surface area contributed by atoms with E-state index in [-0.39, 0.29) is 5.82 Å². The lowest BCUT2D eigenvalue weighted by Crippen LogP contribution is -2.44. The molecule has 1 aliphatic heterocycles. The number of benzene rings is 1. The first-order valence-corrected chi connectivity index (χ1v) is 7.99. The number of aromatic amines is 1. The number of likely N-dealkylation sites (N-methyl/N-ethyl adjacent to an activating group) is 1. The maximum absolute atomic E-state index is 14.5. The maximum Gasteiger partial charge on any atom is 0.229 e. The first-order valence-electron chi connectivity index (χ1n) is 7.99. The molecule has 0 radical (unpaired) electrons. The molecule has 4 rings (SSSR count). The van der Waals surface area contributed by atoms with E-state index >= 15 is 0 Å². The van der Waals surface area contributed by atoms with E-state index in [2.05, 4.69) is 37.1 Å². The minimum atomic E-state index is -0.231. The zero-order valence-corrected chi connectivity index (χ0v) is 13.5. The van der Waals surface area contributed by atoms with Gasteiger partial charge in [-0.05, 0) is 31.3 Å². The SMILES string of the molecule is CN1CCN(c2ccc(Nc3ncc4cc[nH]c4n3)cc2F)CC1. The molecular weight excluding hydrogens is 307 g/mol. The Morgan fingerprint density at radius 1 is 1.17 bits per heavy atom. The molecular formula is C17H19FN6. The molecule has 1 aliphatic rings. The number of fused-ring (bicyclic) bond motifs is 1. The second kappa shape index (κ2) is 6.09. The van der Waals surface area contributed by atoms with Crippen molar-refractivity contribution in [2.45, 2.75) is 0 Å². The van der Waals surface area contributed by atoms with Crippen molar-refractivity contribution in [3.63, 3.8) is 0 Å². The molecule has 3 heterocycles. The number of nitrogens with zero attached hydrogens (tertiary/aromatic N) is 4. The maximum atomic E-state index is 14.5. The van der Waals surface area contributed by atoms with Crippen molar-refractivity contribution in [2.75, 3.05) is 43.4 Å². The third kappa shape index (κ3) is 2.90. The molecule has 0 saturated carbocycles. The van der Waals surface area contributed by atoms with Crippen LogP contribution in [0.15, 0.2) is 36.7 Å². The van der Waals surface area contributed by atoms with Crippen molar-refractivity contribution in [1.29, 1.82) is 0 Å². The van der Waals surface area contributed by atoms with E-state index in [9.17, 15) is 4.39 Å². The van der Waals surface area contributed by atoms with Gasteiger partial charge in [-0.25, -0.2) is 9.37 Å². The molecule has 0 atom stereocenters. The molecule has 0 amide bonds. The first-order chi connectivity index (χ1) is 11.7. The smallest absolute Gasteiger partial charge is 0.229 e. The fourth-order valence-electron chi connectivity index (χ4n) is 2.92. The number of halogens is 1. The summed E-state index contributed by atoms with van der Waals surface area (Å²) in [6.45, 7) is 3.58. The third-order valence-corrected chi connectivity index (χ3v) is 4.35. The van der Waals surface area contributed by atoms with Crippen molar-refractivity contribution in [3.05, 3.63) is 42.5 Å². The number of nitrogens with one attached hydrogen (secondary N) is 2. The Kier molecular flexibility index (Phi) is 3.78. The lowest BCUT2D eigenvalue weighted by molar-refractivity contribution is 0.311. The van der Waals surface area contributed by atoms with E-state index < -0.39 is 0 Å². The molecule has 2 N–H and O–H groups in total. The van der Waals surface area contributed by atoms with E-state index in [1.807, 2.05) is 24.4 Å². The number of hydrogen-bond donors (Lipinski definition) is 2. The number of rotatable bonds is 3. The minimum absolute atomic E-state index is 0.231. The molecule has 0 spiro atoms. The van der Waals surface area contributed by atoms with Crippen LogP contribution >= 0.6 is 0 Å². The predicted octanol–water partition coefficient (Wildman–Crippen LogP) is 2.59. The van der Waals surface area contributed by atoms with Gasteiger partial charge in [0, 0.05) is 49.6 Å². The Balaban J connectivity index is 1.53. The molecule has 3 aromatic rings. The average molecular weight is 326 g/mol. The summed E-state index contributed by atoms with van der Waals surface area (Å²) in [6, 6.07) is 7.08. The molecule has 7 heteroatoms. The van der Waals surface area contributed by atoms with Gasteiger partial charge in [-0.2, -0.15) is 4.98 Å². The third-order valence-electron chi connectivity index (χ3n) is 4.35. The topological polar surface area (TPSA) is 60.1 Å². The van der Waals surface area contributed by atoms with Gasteiger partial charge in [0.2, 0.25) is 5.95 Å². The fraction of sp³-hybridized carbons (Fsp3) is 0.294. The molecule has 24 heavy (non-hydrogen) atoms. The van der Waals surface area contributed by atoms with Gasteiger partial charge >= 0.3 is 0 Å². The average Bonchev–Trinajstić information content (AvgIpc) is 3.04. The first kappa shape index (κ1) is 14.9. The Labute approximate surface area is 139 Å². The van der Waals surface area contributed by atoms with Crippen molar-refractivity contribution in [1.82, 2.24) is 19.9 Å². The van der Waals surface area contributed by atoms with Crippen LogP contribution in [-0.2, 0) is 0 Å². The van der Waals surface area contributed by atoms with Crippen LogP contribution in [0.4, 0.5) is 21.7 Å². The zero-order chi connectivity index (χ0) is 16.5. The van der Waals surface area contributed by atoms with E-state index in [0.717, 1.165) is 37.2 Å². The summed E-state index contributed by atoms with van der Waals surface area (Å²) in [4.78, 5) is 16.0. The van der Waals surface area contributed by atoms with Crippen LogP contribution < -0.4 is 10.2 Å². The van der Waals surface area contributed by atoms with Gasteiger partial charge in [0.05, 0.1) is 5.69 Å². The highest BCUT2D eigenvalue weighted by Gasteiger charge is 2.17. The van der Waals surface area contributed by atoms with Gasteiger partial charge in [0.15, 0.2) is 0 Å². The van der Waals surface area contributed by atoms with Crippen LogP contribution in [-0.4, -0.2) is 53.1 Å². The van der Waals surface area contributed by atoms with Crippen LogP contribution in [0.1, 0.15) is 0 Å². The summed E-state index contributed by atoms with van der Waals surface area (Å²) in [5.74, 6) is 0.210. The number of anilines is 3. The lowest BCUT2D eigenvalue weighted by Gasteiger charge is -2.34. The Morgan fingerprint density at radius 2 is 2.00 bits per heavy atom. The van der Waals surface area contributed by atoms with Crippen LogP contribution in [0.2, 0.25) is 0 Å². The van der Waals surface area contributed by atoms with E-state index in [4.69, 9.17) is 0 Å². The van der Waals surface area contributed by atoms with E-state index in [0.29, 0.717) is 17.3 Å². The summed E-state index contributed by atoms with van der Waals surface area (Å²) in [6.07, 6.45) is 3.55. The van der Waals surface area contributed by atoms with Crippen LogP contribution in [0, 0.1) is 5.82 Å². The molecule has 0 bridgehead atoms. The number of hydrogen-bond acceptors (Lipinski definition) is 5. The van der Waals surface area contributed by atoms with Crippen molar-refractivity contribution < 1.29 is 4.39 Å². The highest BCUT2D eigenvalue weighted by atomic mass is 19.1. The zero-order valence-electron chi connectivity index (χ0n) is 13.5. The van der Waals surface area contributed by atoms with Gasteiger partial charge < -0.3 is 20.1 Å². The van der Waals surface area contributed by atoms with Crippen molar-refractivity contribution >= 4 is 28.4 Å². The Bertz CT molecular complexity index is 853. The minimum Gasteiger partial charge on any atom is -0.367 e.